The van der Waals surface area contributed by atoms with Gasteiger partial charge in [0.15, 0.2) is 0 Å². The van der Waals surface area contributed by atoms with Crippen molar-refractivity contribution in [1.29, 1.82) is 0 Å². The third-order valence-electron chi connectivity index (χ3n) is 1.52. The molecule has 0 saturated carbocycles. The Morgan fingerprint density at radius 2 is 2.31 bits per heavy atom. The molecule has 0 radical (unpaired) electrons. The van der Waals surface area contributed by atoms with E-state index in [1.165, 1.54) is 0 Å². The second kappa shape index (κ2) is 4.63. The molecular formula is C9H9BrClNO. The van der Waals surface area contributed by atoms with Crippen molar-refractivity contribution in [1.82, 2.24) is 0 Å². The van der Waals surface area contributed by atoms with Crippen molar-refractivity contribution in [2.24, 2.45) is 0 Å². The van der Waals surface area contributed by atoms with Gasteiger partial charge in [-0.05, 0) is 34.1 Å². The molecule has 0 aliphatic carbocycles. The number of carbonyl (C=O) groups is 1. The summed E-state index contributed by atoms with van der Waals surface area (Å²) in [6.45, 7) is 1.80. The lowest BCUT2D eigenvalue weighted by Gasteiger charge is -2.04. The normalized spacial score (nSPS) is 9.77. The zero-order valence-electron chi connectivity index (χ0n) is 7.10. The van der Waals surface area contributed by atoms with Crippen LogP contribution in [0.3, 0.4) is 0 Å². The number of benzene rings is 1. The molecule has 4 heteroatoms. The second-order valence-corrected chi connectivity index (χ2v) is 3.79. The fraction of sp³-hybridized carbons (Fsp3) is 0.222. The van der Waals surface area contributed by atoms with E-state index in [-0.39, 0.29) is 5.91 Å². The largest absolute Gasteiger partial charge is 0.326 e. The summed E-state index contributed by atoms with van der Waals surface area (Å²) in [5.74, 6) is -0.0154. The molecule has 0 unspecified atom stereocenters. The van der Waals surface area contributed by atoms with Crippen molar-refractivity contribution < 1.29 is 4.79 Å². The molecule has 1 amide bonds. The van der Waals surface area contributed by atoms with Gasteiger partial charge in [-0.25, -0.2) is 0 Å². The quantitative estimate of drug-likeness (QED) is 0.869. The van der Waals surface area contributed by atoms with Crippen molar-refractivity contribution in [3.05, 3.63) is 27.7 Å². The lowest BCUT2D eigenvalue weighted by Crippen LogP contribution is -2.09. The predicted molar refractivity (Wildman–Crippen MR) is 58.1 cm³/mol. The van der Waals surface area contributed by atoms with Gasteiger partial charge in [0.1, 0.15) is 0 Å². The highest BCUT2D eigenvalue weighted by Gasteiger charge is 2.01. The Morgan fingerprint density at radius 3 is 2.85 bits per heavy atom. The molecule has 0 aliphatic rings. The van der Waals surface area contributed by atoms with E-state index in [2.05, 4.69) is 21.2 Å². The Balaban J connectivity index is 2.79. The van der Waals surface area contributed by atoms with Crippen molar-refractivity contribution >= 4 is 39.1 Å². The summed E-state index contributed by atoms with van der Waals surface area (Å²) >= 11 is 9.11. The number of nitrogens with one attached hydrogen (secondary N) is 1. The van der Waals surface area contributed by atoms with Crippen molar-refractivity contribution in [3.63, 3.8) is 0 Å². The molecule has 2 nitrogen and oxygen atoms in total. The van der Waals surface area contributed by atoms with Crippen molar-refractivity contribution in [2.75, 3.05) is 5.32 Å². The highest BCUT2D eigenvalue weighted by atomic mass is 79.9. The molecule has 1 rings (SSSR count). The van der Waals surface area contributed by atoms with E-state index < -0.39 is 0 Å². The highest BCUT2D eigenvalue weighted by Crippen LogP contribution is 2.25. The average Bonchev–Trinajstić information content (AvgIpc) is 2.11. The van der Waals surface area contributed by atoms with Crippen LogP contribution in [0.2, 0.25) is 5.02 Å². The molecule has 0 saturated heterocycles. The van der Waals surface area contributed by atoms with E-state index in [0.717, 1.165) is 10.2 Å². The first-order valence-electron chi connectivity index (χ1n) is 3.88. The van der Waals surface area contributed by atoms with Crippen LogP contribution in [0.4, 0.5) is 5.69 Å². The summed E-state index contributed by atoms with van der Waals surface area (Å²) in [5, 5.41) is 3.31. The van der Waals surface area contributed by atoms with Crippen LogP contribution < -0.4 is 5.32 Å². The van der Waals surface area contributed by atoms with Crippen LogP contribution >= 0.6 is 27.5 Å². The van der Waals surface area contributed by atoms with Gasteiger partial charge in [0.05, 0.1) is 5.02 Å². The minimum atomic E-state index is -0.0154. The predicted octanol–water partition coefficient (Wildman–Crippen LogP) is 3.45. The maximum absolute atomic E-state index is 11.0. The Kier molecular flexibility index (Phi) is 3.75. The van der Waals surface area contributed by atoms with Gasteiger partial charge < -0.3 is 5.32 Å². The lowest BCUT2D eigenvalue weighted by atomic mass is 10.3. The average molecular weight is 263 g/mol. The molecule has 13 heavy (non-hydrogen) atoms. The first kappa shape index (κ1) is 10.5. The first-order valence-corrected chi connectivity index (χ1v) is 5.05. The van der Waals surface area contributed by atoms with Gasteiger partial charge in [0, 0.05) is 16.6 Å². The monoisotopic (exact) mass is 261 g/mol. The molecule has 1 aromatic rings. The molecule has 0 heterocycles. The number of anilines is 1. The van der Waals surface area contributed by atoms with E-state index in [1.54, 1.807) is 25.1 Å². The second-order valence-electron chi connectivity index (χ2n) is 2.53. The third kappa shape index (κ3) is 3.01. The third-order valence-corrected chi connectivity index (χ3v) is 2.76. The molecule has 0 fully saturated rings. The van der Waals surface area contributed by atoms with E-state index in [1.807, 2.05) is 0 Å². The van der Waals surface area contributed by atoms with E-state index in [9.17, 15) is 4.79 Å². The SMILES string of the molecule is CCC(=O)Nc1ccc(Br)c(Cl)c1. The number of amides is 1. The van der Waals surface area contributed by atoms with Crippen LogP contribution in [0, 0.1) is 0 Å². The maximum atomic E-state index is 11.0. The van der Waals surface area contributed by atoms with Crippen molar-refractivity contribution in [2.45, 2.75) is 13.3 Å². The molecular weight excluding hydrogens is 253 g/mol. The van der Waals surface area contributed by atoms with E-state index in [4.69, 9.17) is 11.6 Å². The van der Waals surface area contributed by atoms with E-state index in [0.29, 0.717) is 11.4 Å². The molecule has 0 aromatic heterocycles. The summed E-state index contributed by atoms with van der Waals surface area (Å²) in [5.41, 5.74) is 0.722. The molecule has 0 bridgehead atoms. The highest BCUT2D eigenvalue weighted by molar-refractivity contribution is 9.10. The Morgan fingerprint density at radius 1 is 1.62 bits per heavy atom. The Bertz CT molecular complexity index is 327. The summed E-state index contributed by atoms with van der Waals surface area (Å²) in [6.07, 6.45) is 0.466. The van der Waals surface area contributed by atoms with E-state index >= 15 is 0 Å². The van der Waals surface area contributed by atoms with Gasteiger partial charge >= 0.3 is 0 Å². The van der Waals surface area contributed by atoms with Crippen LogP contribution in [-0.4, -0.2) is 5.91 Å². The summed E-state index contributed by atoms with van der Waals surface area (Å²) in [6, 6.07) is 5.30. The van der Waals surface area contributed by atoms with Crippen LogP contribution in [0.15, 0.2) is 22.7 Å². The van der Waals surface area contributed by atoms with Crippen LogP contribution in [0.1, 0.15) is 13.3 Å². The minimum Gasteiger partial charge on any atom is -0.326 e. The van der Waals surface area contributed by atoms with Crippen LogP contribution in [0.25, 0.3) is 0 Å². The van der Waals surface area contributed by atoms with Gasteiger partial charge in [-0.15, -0.1) is 0 Å². The first-order chi connectivity index (χ1) is 6.13. The number of carbonyl (C=O) groups excluding carboxylic acids is 1. The summed E-state index contributed by atoms with van der Waals surface area (Å²) in [4.78, 5) is 11.0. The van der Waals surface area contributed by atoms with Gasteiger partial charge in [0.25, 0.3) is 0 Å². The smallest absolute Gasteiger partial charge is 0.224 e. The van der Waals surface area contributed by atoms with Gasteiger partial charge in [-0.2, -0.15) is 0 Å². The summed E-state index contributed by atoms with van der Waals surface area (Å²) < 4.78 is 0.823. The molecule has 0 atom stereocenters. The molecule has 1 N–H and O–H groups in total. The van der Waals surface area contributed by atoms with Crippen LogP contribution in [0.5, 0.6) is 0 Å². The fourth-order valence-corrected chi connectivity index (χ4v) is 1.25. The zero-order chi connectivity index (χ0) is 9.84. The topological polar surface area (TPSA) is 29.1 Å². The number of halogens is 2. The minimum absolute atomic E-state index is 0.0154. The van der Waals surface area contributed by atoms with Crippen LogP contribution in [-0.2, 0) is 4.79 Å². The van der Waals surface area contributed by atoms with Gasteiger partial charge in [-0.1, -0.05) is 18.5 Å². The lowest BCUT2D eigenvalue weighted by molar-refractivity contribution is -0.115. The fourth-order valence-electron chi connectivity index (χ4n) is 0.823. The standard InChI is InChI=1S/C9H9BrClNO/c1-2-9(13)12-6-3-4-7(10)8(11)5-6/h3-5H,2H2,1H3,(H,12,13). The molecule has 1 aromatic carbocycles. The maximum Gasteiger partial charge on any atom is 0.224 e. The van der Waals surface area contributed by atoms with Crippen molar-refractivity contribution in [3.8, 4) is 0 Å². The Labute approximate surface area is 90.4 Å². The molecule has 70 valence electrons. The number of rotatable bonds is 2. The summed E-state index contributed by atoms with van der Waals surface area (Å²) in [7, 11) is 0. The molecule has 0 aliphatic heterocycles. The van der Waals surface area contributed by atoms with Gasteiger partial charge in [0.2, 0.25) is 5.91 Å². The van der Waals surface area contributed by atoms with Gasteiger partial charge in [-0.3, -0.25) is 4.79 Å². The number of hydrogen-bond donors (Lipinski definition) is 1. The molecule has 0 spiro atoms. The zero-order valence-corrected chi connectivity index (χ0v) is 9.45. The number of hydrogen-bond acceptors (Lipinski definition) is 1. The Hall–Kier alpha value is -0.540.